The number of nitrogens with one attached hydrogen (secondary N) is 3. The Morgan fingerprint density at radius 1 is 0.951 bits per heavy atom. The van der Waals surface area contributed by atoms with Crippen molar-refractivity contribution in [3.05, 3.63) is 71.8 Å². The lowest BCUT2D eigenvalue weighted by Crippen LogP contribution is -2.56. The Morgan fingerprint density at radius 3 is 2.12 bits per heavy atom. The van der Waals surface area contributed by atoms with Crippen molar-refractivity contribution in [3.63, 3.8) is 0 Å². The van der Waals surface area contributed by atoms with Gasteiger partial charge in [0.1, 0.15) is 12.6 Å². The highest BCUT2D eigenvalue weighted by Crippen LogP contribution is 2.10. The molecule has 11 nitrogen and oxygen atoms in total. The molecule has 0 bridgehead atoms. The number of primary amides is 1. The number of carbonyl (C=O) groups excluding carboxylic acids is 4. The lowest BCUT2D eigenvalue weighted by molar-refractivity contribution is -0.128. The van der Waals surface area contributed by atoms with Crippen molar-refractivity contribution in [3.8, 4) is 0 Å². The van der Waals surface area contributed by atoms with Crippen LogP contribution in [0.3, 0.4) is 0 Å². The monoisotopic (exact) mass is 569 g/mol. The Bertz CT molecular complexity index is 1100. The normalized spacial score (nSPS) is 13.0. The van der Waals surface area contributed by atoms with E-state index in [-0.39, 0.29) is 31.5 Å². The van der Waals surface area contributed by atoms with Crippen LogP contribution in [0.15, 0.2) is 60.7 Å². The molecule has 0 aliphatic rings. The molecule has 41 heavy (non-hydrogen) atoms. The van der Waals surface area contributed by atoms with Gasteiger partial charge in [0, 0.05) is 13.1 Å². The number of benzene rings is 2. The minimum Gasteiger partial charge on any atom is -0.445 e. The number of urea groups is 1. The number of carbonyl (C=O) groups is 4. The molecule has 5 amide bonds. The van der Waals surface area contributed by atoms with Crippen LogP contribution in [0, 0.1) is 5.92 Å². The van der Waals surface area contributed by atoms with Crippen LogP contribution in [0.1, 0.15) is 44.7 Å². The third-order valence-electron chi connectivity index (χ3n) is 6.17. The number of nitrogens with zero attached hydrogens (tertiary/aromatic N) is 1. The number of alkyl carbamates (subject to hydrolysis) is 1. The lowest BCUT2D eigenvalue weighted by atomic mass is 9.99. The molecule has 0 spiro atoms. The summed E-state index contributed by atoms with van der Waals surface area (Å²) in [4.78, 5) is 51.8. The van der Waals surface area contributed by atoms with Gasteiger partial charge in [-0.05, 0) is 29.9 Å². The topological polar surface area (TPSA) is 163 Å². The SMILES string of the molecule is CCCN(C[C@@H](O)[C@H](Cc1ccccc1)NC(=O)[C@H](CC(N)=O)NC(=O)OCc1ccccc1)C(=O)NCC(C)C. The molecule has 0 heterocycles. The van der Waals surface area contributed by atoms with Crippen LogP contribution in [0.4, 0.5) is 9.59 Å². The molecular weight excluding hydrogens is 526 g/mol. The third kappa shape index (κ3) is 12.7. The van der Waals surface area contributed by atoms with Crippen LogP contribution in [0.5, 0.6) is 0 Å². The molecule has 0 saturated heterocycles. The van der Waals surface area contributed by atoms with Crippen LogP contribution in [0.25, 0.3) is 0 Å². The second kappa shape index (κ2) is 17.5. The Hall–Kier alpha value is -4.12. The highest BCUT2D eigenvalue weighted by molar-refractivity contribution is 5.90. The van der Waals surface area contributed by atoms with E-state index in [1.54, 1.807) is 24.3 Å². The number of ether oxygens (including phenoxy) is 1. The zero-order valence-electron chi connectivity index (χ0n) is 24.0. The Kier molecular flexibility index (Phi) is 14.2. The molecule has 2 aromatic carbocycles. The second-order valence-electron chi connectivity index (χ2n) is 10.3. The molecule has 2 rings (SSSR count). The minimum atomic E-state index is -1.33. The summed E-state index contributed by atoms with van der Waals surface area (Å²) in [5.74, 6) is -1.26. The molecule has 3 atom stereocenters. The highest BCUT2D eigenvalue weighted by atomic mass is 16.5. The van der Waals surface area contributed by atoms with Gasteiger partial charge in [0.2, 0.25) is 11.8 Å². The van der Waals surface area contributed by atoms with Gasteiger partial charge in [0.15, 0.2) is 0 Å². The number of amides is 5. The first-order valence-electron chi connectivity index (χ1n) is 13.9. The van der Waals surface area contributed by atoms with Gasteiger partial charge in [-0.1, -0.05) is 81.4 Å². The van der Waals surface area contributed by atoms with E-state index in [4.69, 9.17) is 10.5 Å². The van der Waals surface area contributed by atoms with Gasteiger partial charge >= 0.3 is 12.1 Å². The van der Waals surface area contributed by atoms with Gasteiger partial charge in [-0.3, -0.25) is 9.59 Å². The summed E-state index contributed by atoms with van der Waals surface area (Å²) < 4.78 is 5.20. The van der Waals surface area contributed by atoms with E-state index >= 15 is 0 Å². The number of aliphatic hydroxyl groups excluding tert-OH is 1. The standard InChI is InChI=1S/C30H43N5O6/c1-4-15-35(29(39)32-18-21(2)3)19-26(36)24(16-22-11-7-5-8-12-22)33-28(38)25(17-27(31)37)34-30(40)41-20-23-13-9-6-10-14-23/h5-14,21,24-26,36H,4,15-20H2,1-3H3,(H2,31,37)(H,32,39)(H,33,38)(H,34,40)/t24-,25-,26+/m0/s1. The van der Waals surface area contributed by atoms with Gasteiger partial charge in [-0.2, -0.15) is 0 Å². The number of hydrogen-bond acceptors (Lipinski definition) is 6. The third-order valence-corrected chi connectivity index (χ3v) is 6.17. The predicted octanol–water partition coefficient (Wildman–Crippen LogP) is 2.32. The first kappa shape index (κ1) is 33.1. The molecule has 0 aromatic heterocycles. The molecule has 0 saturated carbocycles. The zero-order chi connectivity index (χ0) is 30.2. The first-order valence-corrected chi connectivity index (χ1v) is 13.9. The molecule has 224 valence electrons. The van der Waals surface area contributed by atoms with E-state index in [9.17, 15) is 24.3 Å². The van der Waals surface area contributed by atoms with Crippen LogP contribution < -0.4 is 21.7 Å². The van der Waals surface area contributed by atoms with Gasteiger partial charge in [0.05, 0.1) is 25.1 Å². The van der Waals surface area contributed by atoms with E-state index in [0.29, 0.717) is 19.5 Å². The highest BCUT2D eigenvalue weighted by Gasteiger charge is 2.30. The molecule has 11 heteroatoms. The van der Waals surface area contributed by atoms with Crippen molar-refractivity contribution in [1.82, 2.24) is 20.9 Å². The summed E-state index contributed by atoms with van der Waals surface area (Å²) >= 11 is 0. The van der Waals surface area contributed by atoms with E-state index in [1.807, 2.05) is 57.2 Å². The summed E-state index contributed by atoms with van der Waals surface area (Å²) in [6.07, 6.45) is -1.61. The van der Waals surface area contributed by atoms with Gasteiger partial charge in [0.25, 0.3) is 0 Å². The van der Waals surface area contributed by atoms with E-state index < -0.39 is 42.5 Å². The maximum Gasteiger partial charge on any atom is 0.408 e. The van der Waals surface area contributed by atoms with Gasteiger partial charge in [-0.15, -0.1) is 0 Å². The summed E-state index contributed by atoms with van der Waals surface area (Å²) in [5.41, 5.74) is 6.94. The quantitative estimate of drug-likeness (QED) is 0.208. The van der Waals surface area contributed by atoms with Crippen molar-refractivity contribution in [2.45, 2.75) is 64.8 Å². The number of rotatable bonds is 16. The summed E-state index contributed by atoms with van der Waals surface area (Å²) in [6.45, 7) is 6.72. The average molecular weight is 570 g/mol. The smallest absolute Gasteiger partial charge is 0.408 e. The van der Waals surface area contributed by atoms with Crippen molar-refractivity contribution >= 4 is 23.9 Å². The van der Waals surface area contributed by atoms with Crippen LogP contribution in [0.2, 0.25) is 0 Å². The van der Waals surface area contributed by atoms with Crippen molar-refractivity contribution < 1.29 is 29.0 Å². The summed E-state index contributed by atoms with van der Waals surface area (Å²) in [7, 11) is 0. The van der Waals surface area contributed by atoms with Crippen LogP contribution in [-0.2, 0) is 27.4 Å². The number of nitrogens with two attached hydrogens (primary N) is 1. The molecular formula is C30H43N5O6. The maximum absolute atomic E-state index is 13.3. The fraction of sp³-hybridized carbons (Fsp3) is 0.467. The molecule has 0 radical (unpaired) electrons. The second-order valence-corrected chi connectivity index (χ2v) is 10.3. The minimum absolute atomic E-state index is 0.0287. The van der Waals surface area contributed by atoms with Gasteiger partial charge < -0.3 is 36.4 Å². The molecule has 0 unspecified atom stereocenters. The number of hydrogen-bond donors (Lipinski definition) is 5. The lowest BCUT2D eigenvalue weighted by Gasteiger charge is -2.31. The molecule has 0 aliphatic carbocycles. The number of aliphatic hydroxyl groups is 1. The van der Waals surface area contributed by atoms with Crippen LogP contribution >= 0.6 is 0 Å². The predicted molar refractivity (Wildman–Crippen MR) is 156 cm³/mol. The van der Waals surface area contributed by atoms with Crippen molar-refractivity contribution in [1.29, 1.82) is 0 Å². The van der Waals surface area contributed by atoms with Crippen LogP contribution in [-0.4, -0.2) is 71.8 Å². The Morgan fingerprint density at radius 2 is 1.56 bits per heavy atom. The summed E-state index contributed by atoms with van der Waals surface area (Å²) in [5, 5.41) is 19.3. The molecule has 2 aromatic rings. The average Bonchev–Trinajstić information content (AvgIpc) is 2.94. The molecule has 0 aliphatic heterocycles. The van der Waals surface area contributed by atoms with Crippen molar-refractivity contribution in [2.75, 3.05) is 19.6 Å². The Balaban J connectivity index is 2.16. The van der Waals surface area contributed by atoms with E-state index in [1.165, 1.54) is 4.90 Å². The zero-order valence-corrected chi connectivity index (χ0v) is 24.0. The molecule has 6 N–H and O–H groups in total. The maximum atomic E-state index is 13.3. The molecule has 0 fully saturated rings. The fourth-order valence-electron chi connectivity index (χ4n) is 4.05. The first-order chi connectivity index (χ1) is 19.6. The van der Waals surface area contributed by atoms with E-state index in [2.05, 4.69) is 16.0 Å². The fourth-order valence-corrected chi connectivity index (χ4v) is 4.05. The van der Waals surface area contributed by atoms with Gasteiger partial charge in [-0.25, -0.2) is 9.59 Å². The van der Waals surface area contributed by atoms with Crippen molar-refractivity contribution in [2.24, 2.45) is 11.7 Å². The largest absolute Gasteiger partial charge is 0.445 e. The summed E-state index contributed by atoms with van der Waals surface area (Å²) in [6, 6.07) is 15.7. The Labute approximate surface area is 241 Å². The van der Waals surface area contributed by atoms with E-state index in [0.717, 1.165) is 11.1 Å².